The third-order valence-electron chi connectivity index (χ3n) is 2.96. The largest absolute Gasteiger partial charge is 0.355 e. The minimum Gasteiger partial charge on any atom is -0.355 e. The molecule has 1 saturated carbocycles. The van der Waals surface area contributed by atoms with Crippen molar-refractivity contribution in [2.24, 2.45) is 11.8 Å². The summed E-state index contributed by atoms with van der Waals surface area (Å²) in [6, 6.07) is 0. The van der Waals surface area contributed by atoms with Gasteiger partial charge in [-0.05, 0) is 37.6 Å². The third kappa shape index (κ3) is 7.69. The van der Waals surface area contributed by atoms with Crippen molar-refractivity contribution in [1.29, 1.82) is 0 Å². The normalized spacial score (nSPS) is 15.4. The lowest BCUT2D eigenvalue weighted by molar-refractivity contribution is -0.120. The average molecular weight is 226 g/mol. The fourth-order valence-corrected chi connectivity index (χ4v) is 1.65. The lowest BCUT2D eigenvalue weighted by Gasteiger charge is -2.07. The lowest BCUT2D eigenvalue weighted by Crippen LogP contribution is -2.35. The fraction of sp³-hybridized carbons (Fsp3) is 0.923. The van der Waals surface area contributed by atoms with E-state index in [1.54, 1.807) is 0 Å². The van der Waals surface area contributed by atoms with Crippen LogP contribution >= 0.6 is 0 Å². The van der Waals surface area contributed by atoms with Crippen molar-refractivity contribution in [3.05, 3.63) is 0 Å². The maximum Gasteiger partial charge on any atom is 0.233 e. The van der Waals surface area contributed by atoms with Crippen LogP contribution in [0.25, 0.3) is 0 Å². The van der Waals surface area contributed by atoms with E-state index >= 15 is 0 Å². The highest BCUT2D eigenvalue weighted by atomic mass is 16.1. The van der Waals surface area contributed by atoms with Crippen LogP contribution in [0.2, 0.25) is 0 Å². The van der Waals surface area contributed by atoms with Crippen molar-refractivity contribution in [3.8, 4) is 0 Å². The zero-order valence-electron chi connectivity index (χ0n) is 10.7. The highest BCUT2D eigenvalue weighted by Crippen LogP contribution is 2.27. The van der Waals surface area contributed by atoms with Gasteiger partial charge in [-0.15, -0.1) is 0 Å². The van der Waals surface area contributed by atoms with Crippen LogP contribution in [-0.4, -0.2) is 25.5 Å². The molecule has 3 heteroatoms. The van der Waals surface area contributed by atoms with E-state index in [-0.39, 0.29) is 5.91 Å². The van der Waals surface area contributed by atoms with Crippen LogP contribution in [0.1, 0.15) is 46.0 Å². The molecule has 1 rings (SSSR count). The van der Waals surface area contributed by atoms with Gasteiger partial charge in [0, 0.05) is 6.54 Å². The van der Waals surface area contributed by atoms with Gasteiger partial charge in [-0.25, -0.2) is 0 Å². The van der Waals surface area contributed by atoms with Gasteiger partial charge in [-0.2, -0.15) is 0 Å². The summed E-state index contributed by atoms with van der Waals surface area (Å²) in [4.78, 5) is 11.3. The molecule has 0 aliphatic heterocycles. The number of nitrogens with one attached hydrogen (secondary N) is 2. The summed E-state index contributed by atoms with van der Waals surface area (Å²) in [5.41, 5.74) is 0. The molecule has 0 spiro atoms. The van der Waals surface area contributed by atoms with Crippen LogP contribution in [-0.2, 0) is 4.79 Å². The Balaban J connectivity index is 1.80. The minimum absolute atomic E-state index is 0.149. The minimum atomic E-state index is 0.149. The van der Waals surface area contributed by atoms with Crippen molar-refractivity contribution in [1.82, 2.24) is 10.6 Å². The van der Waals surface area contributed by atoms with E-state index < -0.39 is 0 Å². The van der Waals surface area contributed by atoms with Crippen molar-refractivity contribution >= 4 is 5.91 Å². The summed E-state index contributed by atoms with van der Waals surface area (Å²) in [7, 11) is 0. The zero-order valence-corrected chi connectivity index (χ0v) is 10.7. The molecular weight excluding hydrogens is 200 g/mol. The number of carbonyl (C=O) groups excluding carboxylic acids is 1. The first-order valence-corrected chi connectivity index (χ1v) is 6.66. The van der Waals surface area contributed by atoms with Crippen LogP contribution in [0.4, 0.5) is 0 Å². The monoisotopic (exact) mass is 226 g/mol. The molecule has 0 unspecified atom stereocenters. The molecule has 0 aromatic rings. The van der Waals surface area contributed by atoms with Gasteiger partial charge in [-0.1, -0.05) is 26.7 Å². The zero-order chi connectivity index (χ0) is 11.8. The molecule has 0 aromatic carbocycles. The highest BCUT2D eigenvalue weighted by molar-refractivity contribution is 5.77. The van der Waals surface area contributed by atoms with E-state index in [9.17, 15) is 4.79 Å². The summed E-state index contributed by atoms with van der Waals surface area (Å²) >= 11 is 0. The van der Waals surface area contributed by atoms with Crippen LogP contribution in [0, 0.1) is 11.8 Å². The van der Waals surface area contributed by atoms with E-state index in [1.807, 2.05) is 0 Å². The van der Waals surface area contributed by atoms with Crippen molar-refractivity contribution in [3.63, 3.8) is 0 Å². The molecular formula is C13H26N2O. The molecule has 3 nitrogen and oxygen atoms in total. The van der Waals surface area contributed by atoms with E-state index in [1.165, 1.54) is 32.1 Å². The summed E-state index contributed by atoms with van der Waals surface area (Å²) in [5, 5.41) is 6.14. The van der Waals surface area contributed by atoms with E-state index in [0.29, 0.717) is 6.54 Å². The second-order valence-electron chi connectivity index (χ2n) is 5.31. The molecule has 0 atom stereocenters. The second-order valence-corrected chi connectivity index (χ2v) is 5.31. The Morgan fingerprint density at radius 3 is 2.69 bits per heavy atom. The SMILES string of the molecule is CC(C)CCCCNCC(=O)NCC1CC1. The van der Waals surface area contributed by atoms with Gasteiger partial charge < -0.3 is 10.6 Å². The standard InChI is InChI=1S/C13H26N2O/c1-11(2)5-3-4-8-14-10-13(16)15-9-12-6-7-12/h11-12,14H,3-10H2,1-2H3,(H,15,16). The average Bonchev–Trinajstić information content (AvgIpc) is 3.03. The topological polar surface area (TPSA) is 41.1 Å². The second kappa shape index (κ2) is 7.66. The number of amides is 1. The molecule has 0 aromatic heterocycles. The highest BCUT2D eigenvalue weighted by Gasteiger charge is 2.21. The van der Waals surface area contributed by atoms with Crippen molar-refractivity contribution in [2.75, 3.05) is 19.6 Å². The first kappa shape index (κ1) is 13.5. The molecule has 16 heavy (non-hydrogen) atoms. The van der Waals surface area contributed by atoms with Crippen molar-refractivity contribution in [2.45, 2.75) is 46.0 Å². The Kier molecular flexibility index (Phi) is 6.46. The molecule has 0 saturated heterocycles. The quantitative estimate of drug-likeness (QED) is 0.590. The van der Waals surface area contributed by atoms with Gasteiger partial charge in [0.2, 0.25) is 5.91 Å². The maximum atomic E-state index is 11.3. The molecule has 2 N–H and O–H groups in total. The van der Waals surface area contributed by atoms with Crippen molar-refractivity contribution < 1.29 is 4.79 Å². The van der Waals surface area contributed by atoms with E-state index in [4.69, 9.17) is 0 Å². The van der Waals surface area contributed by atoms with Gasteiger partial charge in [0.25, 0.3) is 0 Å². The van der Waals surface area contributed by atoms with Gasteiger partial charge in [0.1, 0.15) is 0 Å². The van der Waals surface area contributed by atoms with Gasteiger partial charge >= 0.3 is 0 Å². The first-order chi connectivity index (χ1) is 7.68. The Bertz CT molecular complexity index is 200. The summed E-state index contributed by atoms with van der Waals surface area (Å²) in [6.45, 7) is 6.82. The predicted molar refractivity (Wildman–Crippen MR) is 67.3 cm³/mol. The maximum absolute atomic E-state index is 11.3. The van der Waals surface area contributed by atoms with Gasteiger partial charge in [0.15, 0.2) is 0 Å². The van der Waals surface area contributed by atoms with Crippen LogP contribution in [0.5, 0.6) is 0 Å². The lowest BCUT2D eigenvalue weighted by atomic mass is 10.1. The van der Waals surface area contributed by atoms with Gasteiger partial charge in [-0.3, -0.25) is 4.79 Å². The van der Waals surface area contributed by atoms with Crippen LogP contribution in [0.15, 0.2) is 0 Å². The first-order valence-electron chi connectivity index (χ1n) is 6.66. The summed E-state index contributed by atoms with van der Waals surface area (Å²) in [6.07, 6.45) is 6.31. The Labute approximate surface area is 99.4 Å². The van der Waals surface area contributed by atoms with Crippen LogP contribution < -0.4 is 10.6 Å². The predicted octanol–water partition coefficient (Wildman–Crippen LogP) is 1.93. The number of unbranched alkanes of at least 4 members (excludes halogenated alkanes) is 1. The molecule has 1 aliphatic carbocycles. The molecule has 94 valence electrons. The summed E-state index contributed by atoms with van der Waals surface area (Å²) in [5.74, 6) is 1.72. The van der Waals surface area contributed by atoms with Gasteiger partial charge in [0.05, 0.1) is 6.54 Å². The summed E-state index contributed by atoms with van der Waals surface area (Å²) < 4.78 is 0. The third-order valence-corrected chi connectivity index (χ3v) is 2.96. The Morgan fingerprint density at radius 1 is 1.31 bits per heavy atom. The number of rotatable bonds is 9. The molecule has 0 bridgehead atoms. The molecule has 1 aliphatic rings. The smallest absolute Gasteiger partial charge is 0.233 e. The Hall–Kier alpha value is -0.570. The number of hydrogen-bond acceptors (Lipinski definition) is 2. The molecule has 1 amide bonds. The molecule has 0 radical (unpaired) electrons. The molecule has 0 heterocycles. The van der Waals surface area contributed by atoms with E-state index in [2.05, 4.69) is 24.5 Å². The van der Waals surface area contributed by atoms with Crippen LogP contribution in [0.3, 0.4) is 0 Å². The van der Waals surface area contributed by atoms with E-state index in [0.717, 1.165) is 24.9 Å². The molecule has 1 fully saturated rings. The number of hydrogen-bond donors (Lipinski definition) is 2. The number of carbonyl (C=O) groups is 1. The Morgan fingerprint density at radius 2 is 2.06 bits per heavy atom. The fourth-order valence-electron chi connectivity index (χ4n) is 1.65.